The fraction of sp³-hybridized carbons (Fsp3) is 0.667. The minimum Gasteiger partial charge on any atom is -0.467 e. The molecule has 1 aliphatic heterocycles. The van der Waals surface area contributed by atoms with Gasteiger partial charge in [-0.2, -0.15) is 0 Å². The lowest BCUT2D eigenvalue weighted by molar-refractivity contribution is 0.0953. The van der Waals surface area contributed by atoms with Crippen LogP contribution in [0.25, 0.3) is 0 Å². The smallest absolute Gasteiger partial charge is 0.268 e. The predicted octanol–water partition coefficient (Wildman–Crippen LogP) is 2.14. The van der Waals surface area contributed by atoms with E-state index in [9.17, 15) is 4.79 Å². The summed E-state index contributed by atoms with van der Waals surface area (Å²) < 4.78 is 5.43. The number of hydrazine groups is 1. The number of hydrogen-bond acceptors (Lipinski definition) is 4. The van der Waals surface area contributed by atoms with Gasteiger partial charge in [0.25, 0.3) is 5.91 Å². The Morgan fingerprint density at radius 1 is 1.45 bits per heavy atom. The fourth-order valence-corrected chi connectivity index (χ4v) is 2.84. The Balaban J connectivity index is 1.87. The molecule has 3 N–H and O–H groups in total. The van der Waals surface area contributed by atoms with Crippen LogP contribution >= 0.6 is 0 Å². The first-order chi connectivity index (χ1) is 9.40. The van der Waals surface area contributed by atoms with Crippen molar-refractivity contribution in [2.24, 2.45) is 17.2 Å². The maximum Gasteiger partial charge on any atom is 0.268 e. The molecule has 2 rings (SSSR count). The van der Waals surface area contributed by atoms with Gasteiger partial charge in [-0.05, 0) is 43.3 Å². The number of amides is 1. The zero-order chi connectivity index (χ0) is 14.8. The molecule has 0 bridgehead atoms. The van der Waals surface area contributed by atoms with Gasteiger partial charge in [0.2, 0.25) is 0 Å². The van der Waals surface area contributed by atoms with Crippen LogP contribution < -0.4 is 11.3 Å². The highest BCUT2D eigenvalue weighted by atomic mass is 16.3. The van der Waals surface area contributed by atoms with E-state index < -0.39 is 0 Å². The van der Waals surface area contributed by atoms with Crippen LogP contribution in [-0.4, -0.2) is 23.9 Å². The second-order valence-electron chi connectivity index (χ2n) is 6.69. The number of piperidine rings is 1. The van der Waals surface area contributed by atoms with E-state index in [4.69, 9.17) is 10.3 Å². The van der Waals surface area contributed by atoms with Gasteiger partial charge in [0.1, 0.15) is 12.0 Å². The maximum absolute atomic E-state index is 11.4. The topological polar surface area (TPSA) is 71.5 Å². The zero-order valence-corrected chi connectivity index (χ0v) is 12.6. The Morgan fingerprint density at radius 2 is 2.10 bits per heavy atom. The number of nitrogen functional groups attached to an aromatic ring is 1. The lowest BCUT2D eigenvalue weighted by Gasteiger charge is -2.38. The van der Waals surface area contributed by atoms with Crippen molar-refractivity contribution in [3.8, 4) is 0 Å². The molecule has 1 aromatic rings. The van der Waals surface area contributed by atoms with Crippen LogP contribution in [0.5, 0.6) is 0 Å². The number of furan rings is 1. The van der Waals surface area contributed by atoms with Crippen LogP contribution in [-0.2, 0) is 6.54 Å². The standard InChI is InChI=1S/C15H25N3O2/c1-15(2,3)12-4-6-18(7-5-12)9-13-8-11(10-20-13)14(19)17-16/h8,10,12H,4-7,9,16H2,1-3H3,(H,17,19). The summed E-state index contributed by atoms with van der Waals surface area (Å²) in [5.74, 6) is 6.39. The van der Waals surface area contributed by atoms with Crippen LogP contribution in [0, 0.1) is 11.3 Å². The first-order valence-electron chi connectivity index (χ1n) is 7.21. The van der Waals surface area contributed by atoms with Gasteiger partial charge in [0.15, 0.2) is 0 Å². The summed E-state index contributed by atoms with van der Waals surface area (Å²) >= 11 is 0. The maximum atomic E-state index is 11.4. The Kier molecular flexibility index (Phi) is 4.50. The highest BCUT2D eigenvalue weighted by Crippen LogP contribution is 2.34. The summed E-state index contributed by atoms with van der Waals surface area (Å²) in [5.41, 5.74) is 2.98. The Morgan fingerprint density at radius 3 is 2.65 bits per heavy atom. The molecular weight excluding hydrogens is 254 g/mol. The van der Waals surface area contributed by atoms with E-state index in [1.54, 1.807) is 6.07 Å². The van der Waals surface area contributed by atoms with Crippen molar-refractivity contribution in [3.05, 3.63) is 23.7 Å². The average Bonchev–Trinajstić information content (AvgIpc) is 2.86. The second kappa shape index (κ2) is 5.97. The van der Waals surface area contributed by atoms with Gasteiger partial charge in [-0.3, -0.25) is 15.1 Å². The van der Waals surface area contributed by atoms with E-state index >= 15 is 0 Å². The molecule has 20 heavy (non-hydrogen) atoms. The summed E-state index contributed by atoms with van der Waals surface area (Å²) in [6, 6.07) is 1.76. The minimum atomic E-state index is -0.313. The molecule has 0 unspecified atom stereocenters. The van der Waals surface area contributed by atoms with Crippen LogP contribution in [0.2, 0.25) is 0 Å². The molecule has 1 aliphatic rings. The summed E-state index contributed by atoms with van der Waals surface area (Å²) in [5, 5.41) is 0. The van der Waals surface area contributed by atoms with Crippen LogP contribution in [0.4, 0.5) is 0 Å². The minimum absolute atomic E-state index is 0.313. The highest BCUT2D eigenvalue weighted by molar-refractivity contribution is 5.93. The van der Waals surface area contributed by atoms with Gasteiger partial charge in [-0.25, -0.2) is 5.84 Å². The van der Waals surface area contributed by atoms with Crippen molar-refractivity contribution >= 4 is 5.91 Å². The second-order valence-corrected chi connectivity index (χ2v) is 6.69. The van der Waals surface area contributed by atoms with Crippen molar-refractivity contribution in [3.63, 3.8) is 0 Å². The van der Waals surface area contributed by atoms with E-state index in [0.29, 0.717) is 11.0 Å². The van der Waals surface area contributed by atoms with Gasteiger partial charge in [0.05, 0.1) is 12.1 Å². The monoisotopic (exact) mass is 279 g/mol. The molecule has 5 heteroatoms. The fourth-order valence-electron chi connectivity index (χ4n) is 2.84. The van der Waals surface area contributed by atoms with Crippen molar-refractivity contribution < 1.29 is 9.21 Å². The van der Waals surface area contributed by atoms with E-state index in [0.717, 1.165) is 31.3 Å². The summed E-state index contributed by atoms with van der Waals surface area (Å²) in [6.07, 6.45) is 3.90. The molecule has 2 heterocycles. The third-order valence-electron chi connectivity index (χ3n) is 4.24. The lowest BCUT2D eigenvalue weighted by Crippen LogP contribution is -2.37. The highest BCUT2D eigenvalue weighted by Gasteiger charge is 2.28. The molecule has 1 aromatic heterocycles. The number of carbonyl (C=O) groups is 1. The molecule has 0 saturated carbocycles. The third kappa shape index (κ3) is 3.61. The molecule has 0 atom stereocenters. The normalized spacial score (nSPS) is 18.2. The molecule has 1 saturated heterocycles. The molecular formula is C15H25N3O2. The largest absolute Gasteiger partial charge is 0.467 e. The van der Waals surface area contributed by atoms with Crippen LogP contribution in [0.3, 0.4) is 0 Å². The van der Waals surface area contributed by atoms with Gasteiger partial charge < -0.3 is 4.42 Å². The Bertz CT molecular complexity index is 454. The van der Waals surface area contributed by atoms with E-state index in [2.05, 4.69) is 31.1 Å². The number of hydrogen-bond donors (Lipinski definition) is 2. The van der Waals surface area contributed by atoms with Gasteiger partial charge in [-0.15, -0.1) is 0 Å². The van der Waals surface area contributed by atoms with E-state index in [-0.39, 0.29) is 5.91 Å². The molecule has 0 aliphatic carbocycles. The molecule has 1 amide bonds. The predicted molar refractivity (Wildman–Crippen MR) is 77.8 cm³/mol. The number of likely N-dealkylation sites (tertiary alicyclic amines) is 1. The summed E-state index contributed by atoms with van der Waals surface area (Å²) in [6.45, 7) is 9.88. The number of carbonyl (C=O) groups excluding carboxylic acids is 1. The van der Waals surface area contributed by atoms with Gasteiger partial charge in [0, 0.05) is 0 Å². The molecule has 5 nitrogen and oxygen atoms in total. The summed E-state index contributed by atoms with van der Waals surface area (Å²) in [7, 11) is 0. The first-order valence-corrected chi connectivity index (χ1v) is 7.21. The molecule has 0 aromatic carbocycles. The molecule has 112 valence electrons. The quantitative estimate of drug-likeness (QED) is 0.505. The van der Waals surface area contributed by atoms with Crippen molar-refractivity contribution in [1.29, 1.82) is 0 Å². The van der Waals surface area contributed by atoms with Gasteiger partial charge in [-0.1, -0.05) is 20.8 Å². The van der Waals surface area contributed by atoms with Crippen LogP contribution in [0.15, 0.2) is 16.7 Å². The molecule has 1 fully saturated rings. The number of nitrogens with two attached hydrogens (primary N) is 1. The zero-order valence-electron chi connectivity index (χ0n) is 12.6. The molecule has 0 spiro atoms. The van der Waals surface area contributed by atoms with Crippen LogP contribution in [0.1, 0.15) is 49.7 Å². The SMILES string of the molecule is CC(C)(C)C1CCN(Cc2cc(C(=O)NN)co2)CC1. The van der Waals surface area contributed by atoms with E-state index in [1.165, 1.54) is 19.1 Å². The molecule has 0 radical (unpaired) electrons. The third-order valence-corrected chi connectivity index (χ3v) is 4.24. The van der Waals surface area contributed by atoms with Crippen molar-refractivity contribution in [2.75, 3.05) is 13.1 Å². The number of nitrogens with one attached hydrogen (secondary N) is 1. The first kappa shape index (κ1) is 15.1. The number of nitrogens with zero attached hydrogens (tertiary/aromatic N) is 1. The summed E-state index contributed by atoms with van der Waals surface area (Å²) in [4.78, 5) is 13.7. The number of rotatable bonds is 3. The van der Waals surface area contributed by atoms with Gasteiger partial charge >= 0.3 is 0 Å². The van der Waals surface area contributed by atoms with Crippen molar-refractivity contribution in [1.82, 2.24) is 10.3 Å². The Hall–Kier alpha value is -1.33. The average molecular weight is 279 g/mol. The lowest BCUT2D eigenvalue weighted by atomic mass is 9.75. The Labute approximate surface area is 120 Å². The van der Waals surface area contributed by atoms with Crippen molar-refractivity contribution in [2.45, 2.75) is 40.2 Å². The van der Waals surface area contributed by atoms with E-state index in [1.807, 2.05) is 0 Å².